The van der Waals surface area contributed by atoms with Crippen LogP contribution in [0.4, 0.5) is 15.8 Å². The van der Waals surface area contributed by atoms with Crippen LogP contribution in [0.2, 0.25) is 0 Å². The van der Waals surface area contributed by atoms with E-state index in [1.54, 1.807) is 20.3 Å². The molecule has 0 saturated carbocycles. The summed E-state index contributed by atoms with van der Waals surface area (Å²) in [6, 6.07) is 19.4. The number of hydrogen-bond acceptors (Lipinski definition) is 5. The van der Waals surface area contributed by atoms with Crippen LogP contribution in [0.3, 0.4) is 0 Å². The van der Waals surface area contributed by atoms with Crippen LogP contribution >= 0.6 is 0 Å². The molecule has 2 N–H and O–H groups in total. The number of para-hydroxylation sites is 2. The van der Waals surface area contributed by atoms with Crippen molar-refractivity contribution in [3.63, 3.8) is 0 Å². The standard InChI is InChI=1S/C27H25FN2O3/c1-32-19-10-11-25(33-2)20(15-19)17-13-23-26(24(31)14-17)27(16-6-5-7-18(28)12-16)30-22-9-4-3-8-21(22)29-23/h3-12,15,17,27,29-30H,13-14H2,1-2H3. The van der Waals surface area contributed by atoms with Crippen LogP contribution < -0.4 is 20.1 Å². The van der Waals surface area contributed by atoms with E-state index in [4.69, 9.17) is 9.47 Å². The number of hydrogen-bond donors (Lipinski definition) is 2. The van der Waals surface area contributed by atoms with Crippen molar-refractivity contribution in [1.82, 2.24) is 0 Å². The molecule has 1 aliphatic carbocycles. The number of carbonyl (C=O) groups is 1. The van der Waals surface area contributed by atoms with Gasteiger partial charge < -0.3 is 20.1 Å². The Hall–Kier alpha value is -3.80. The fraction of sp³-hybridized carbons (Fsp3) is 0.222. The van der Waals surface area contributed by atoms with Crippen molar-refractivity contribution in [2.24, 2.45) is 0 Å². The molecule has 0 fully saturated rings. The SMILES string of the molecule is COc1ccc(OC)c(C2CC(=O)C3=C(C2)Nc2ccccc2NC3c2cccc(F)c2)c1. The monoisotopic (exact) mass is 444 g/mol. The molecule has 2 unspecified atom stereocenters. The highest BCUT2D eigenvalue weighted by Crippen LogP contribution is 2.46. The van der Waals surface area contributed by atoms with Crippen LogP contribution in [0.5, 0.6) is 11.5 Å². The molecule has 0 amide bonds. The highest BCUT2D eigenvalue weighted by molar-refractivity contribution is 6.01. The van der Waals surface area contributed by atoms with Crippen LogP contribution in [-0.4, -0.2) is 20.0 Å². The summed E-state index contributed by atoms with van der Waals surface area (Å²) in [6.45, 7) is 0. The van der Waals surface area contributed by atoms with Crippen LogP contribution in [0.15, 0.2) is 78.0 Å². The largest absolute Gasteiger partial charge is 0.497 e. The number of Topliss-reactive ketones (excluding diaryl/α,β-unsaturated/α-hetero) is 1. The van der Waals surface area contributed by atoms with Gasteiger partial charge in [0.05, 0.1) is 31.6 Å². The zero-order valence-electron chi connectivity index (χ0n) is 18.5. The molecule has 3 aromatic rings. The number of rotatable bonds is 4. The van der Waals surface area contributed by atoms with Gasteiger partial charge in [-0.1, -0.05) is 24.3 Å². The lowest BCUT2D eigenvalue weighted by Gasteiger charge is -2.30. The molecular formula is C27H25FN2O3. The summed E-state index contributed by atoms with van der Waals surface area (Å²) in [5.41, 5.74) is 4.89. The van der Waals surface area contributed by atoms with Crippen molar-refractivity contribution in [3.8, 4) is 11.5 Å². The van der Waals surface area contributed by atoms with Crippen molar-refractivity contribution in [3.05, 3.63) is 94.9 Å². The summed E-state index contributed by atoms with van der Waals surface area (Å²) >= 11 is 0. The van der Waals surface area contributed by atoms with Gasteiger partial charge in [0.2, 0.25) is 0 Å². The molecular weight excluding hydrogens is 419 g/mol. The lowest BCUT2D eigenvalue weighted by Crippen LogP contribution is -2.27. The third-order valence-electron chi connectivity index (χ3n) is 6.37. The van der Waals surface area contributed by atoms with Gasteiger partial charge >= 0.3 is 0 Å². The van der Waals surface area contributed by atoms with E-state index in [1.807, 2.05) is 48.5 Å². The van der Waals surface area contributed by atoms with Gasteiger partial charge in [-0.15, -0.1) is 0 Å². The normalized spacial score (nSPS) is 19.5. The summed E-state index contributed by atoms with van der Waals surface area (Å²) in [5.74, 6) is 1.06. The second-order valence-electron chi connectivity index (χ2n) is 8.33. The molecule has 33 heavy (non-hydrogen) atoms. The Morgan fingerprint density at radius 1 is 0.909 bits per heavy atom. The first-order chi connectivity index (χ1) is 16.1. The molecule has 1 heterocycles. The number of anilines is 2. The third kappa shape index (κ3) is 3.93. The Morgan fingerprint density at radius 2 is 1.73 bits per heavy atom. The fourth-order valence-corrected chi connectivity index (χ4v) is 4.81. The molecule has 0 saturated heterocycles. The highest BCUT2D eigenvalue weighted by Gasteiger charge is 2.37. The van der Waals surface area contributed by atoms with Crippen LogP contribution in [-0.2, 0) is 4.79 Å². The molecule has 0 radical (unpaired) electrons. The number of ketones is 1. The smallest absolute Gasteiger partial charge is 0.163 e. The van der Waals surface area contributed by atoms with Crippen molar-refractivity contribution in [2.75, 3.05) is 24.9 Å². The first-order valence-electron chi connectivity index (χ1n) is 10.9. The number of halogens is 1. The second-order valence-corrected chi connectivity index (χ2v) is 8.33. The van der Waals surface area contributed by atoms with E-state index in [2.05, 4.69) is 10.6 Å². The lowest BCUT2D eigenvalue weighted by molar-refractivity contribution is -0.116. The van der Waals surface area contributed by atoms with Gasteiger partial charge in [-0.25, -0.2) is 4.39 Å². The van der Waals surface area contributed by atoms with Crippen molar-refractivity contribution >= 4 is 17.2 Å². The van der Waals surface area contributed by atoms with Crippen LogP contribution in [0, 0.1) is 5.82 Å². The van der Waals surface area contributed by atoms with Gasteiger partial charge in [0.1, 0.15) is 17.3 Å². The van der Waals surface area contributed by atoms with Crippen molar-refractivity contribution in [1.29, 1.82) is 0 Å². The first kappa shape index (κ1) is 21.1. The zero-order chi connectivity index (χ0) is 22.9. The Balaban J connectivity index is 1.62. The molecule has 5 rings (SSSR count). The summed E-state index contributed by atoms with van der Waals surface area (Å²) in [6.07, 6.45) is 0.945. The van der Waals surface area contributed by atoms with Crippen LogP contribution in [0.25, 0.3) is 0 Å². The van der Waals surface area contributed by atoms with E-state index in [-0.39, 0.29) is 17.5 Å². The summed E-state index contributed by atoms with van der Waals surface area (Å²) < 4.78 is 25.1. The maximum Gasteiger partial charge on any atom is 0.163 e. The van der Waals surface area contributed by atoms with Crippen LogP contribution in [0.1, 0.15) is 35.9 Å². The minimum Gasteiger partial charge on any atom is -0.497 e. The Kier molecular flexibility index (Phi) is 5.50. The molecule has 1 aliphatic heterocycles. The maximum atomic E-state index is 14.1. The number of benzene rings is 3. The van der Waals surface area contributed by atoms with Crippen molar-refractivity contribution < 1.29 is 18.7 Å². The minimum atomic E-state index is -0.451. The number of nitrogens with one attached hydrogen (secondary N) is 2. The molecule has 2 aliphatic rings. The third-order valence-corrected chi connectivity index (χ3v) is 6.37. The Labute approximate surface area is 192 Å². The lowest BCUT2D eigenvalue weighted by atomic mass is 9.78. The minimum absolute atomic E-state index is 0.0215. The number of carbonyl (C=O) groups excluding carboxylic acids is 1. The van der Waals surface area contributed by atoms with E-state index in [1.165, 1.54) is 12.1 Å². The molecule has 2 atom stereocenters. The van der Waals surface area contributed by atoms with Gasteiger partial charge in [-0.3, -0.25) is 4.79 Å². The second kappa shape index (κ2) is 8.62. The number of fused-ring (bicyclic) bond motifs is 1. The molecule has 3 aromatic carbocycles. The average molecular weight is 445 g/mol. The van der Waals surface area contributed by atoms with E-state index >= 15 is 0 Å². The van der Waals surface area contributed by atoms with Gasteiger partial charge in [0, 0.05) is 29.2 Å². The predicted octanol–water partition coefficient (Wildman–Crippen LogP) is 5.82. The zero-order valence-corrected chi connectivity index (χ0v) is 18.5. The highest BCUT2D eigenvalue weighted by atomic mass is 19.1. The Morgan fingerprint density at radius 3 is 2.48 bits per heavy atom. The topological polar surface area (TPSA) is 59.6 Å². The maximum absolute atomic E-state index is 14.1. The quantitative estimate of drug-likeness (QED) is 0.531. The Bertz CT molecular complexity index is 1250. The van der Waals surface area contributed by atoms with E-state index < -0.39 is 6.04 Å². The van der Waals surface area contributed by atoms with Gasteiger partial charge in [0.15, 0.2) is 5.78 Å². The summed E-state index contributed by atoms with van der Waals surface area (Å²) in [4.78, 5) is 13.6. The molecule has 0 aromatic heterocycles. The molecule has 0 spiro atoms. The van der Waals surface area contributed by atoms with Crippen molar-refractivity contribution in [2.45, 2.75) is 24.8 Å². The summed E-state index contributed by atoms with van der Waals surface area (Å²) in [5, 5.41) is 6.98. The summed E-state index contributed by atoms with van der Waals surface area (Å²) in [7, 11) is 3.25. The number of allylic oxidation sites excluding steroid dienone is 1. The molecule has 5 nitrogen and oxygen atoms in total. The fourth-order valence-electron chi connectivity index (χ4n) is 4.81. The number of ether oxygens (including phenoxy) is 2. The van der Waals surface area contributed by atoms with Gasteiger partial charge in [-0.2, -0.15) is 0 Å². The molecule has 0 bridgehead atoms. The van der Waals surface area contributed by atoms with E-state index in [0.717, 1.165) is 34.1 Å². The van der Waals surface area contributed by atoms with Gasteiger partial charge in [0.25, 0.3) is 0 Å². The predicted molar refractivity (Wildman–Crippen MR) is 126 cm³/mol. The molecule has 168 valence electrons. The van der Waals surface area contributed by atoms with E-state index in [9.17, 15) is 9.18 Å². The van der Waals surface area contributed by atoms with Gasteiger partial charge in [-0.05, 0) is 54.4 Å². The molecule has 6 heteroatoms. The van der Waals surface area contributed by atoms with E-state index in [0.29, 0.717) is 24.0 Å². The number of methoxy groups -OCH3 is 2. The first-order valence-corrected chi connectivity index (χ1v) is 10.9. The average Bonchev–Trinajstić information content (AvgIpc) is 3.00.